The number of likely N-dealkylation sites (N-methyl/N-ethyl adjacent to an activating group) is 1. The first kappa shape index (κ1) is 15.8. The van der Waals surface area contributed by atoms with Gasteiger partial charge in [0.25, 0.3) is 5.91 Å². The van der Waals surface area contributed by atoms with Gasteiger partial charge in [-0.05, 0) is 32.6 Å². The summed E-state index contributed by atoms with van der Waals surface area (Å²) in [6.07, 6.45) is 4.74. The SMILES string of the molecule is CCC(CSC)N(C)CC1CCC(C(=O)NN)O1. The minimum atomic E-state index is -0.367. The van der Waals surface area contributed by atoms with Crippen LogP contribution in [-0.2, 0) is 9.53 Å². The zero-order valence-corrected chi connectivity index (χ0v) is 12.3. The molecule has 1 aliphatic rings. The number of nitrogens with one attached hydrogen (secondary N) is 1. The average Bonchev–Trinajstić information content (AvgIpc) is 2.83. The Morgan fingerprint density at radius 1 is 1.61 bits per heavy atom. The largest absolute Gasteiger partial charge is 0.364 e. The number of rotatable bonds is 7. The Hall–Kier alpha value is -0.300. The lowest BCUT2D eigenvalue weighted by Crippen LogP contribution is -2.41. The number of thioether (sulfide) groups is 1. The molecular formula is C12H25N3O2S. The Kier molecular flexibility index (Phi) is 6.99. The summed E-state index contributed by atoms with van der Waals surface area (Å²) in [6.45, 7) is 3.09. The van der Waals surface area contributed by atoms with Crippen LogP contribution in [0, 0.1) is 0 Å². The van der Waals surface area contributed by atoms with Gasteiger partial charge in [-0.1, -0.05) is 6.92 Å². The molecule has 1 amide bonds. The van der Waals surface area contributed by atoms with Crippen LogP contribution in [0.2, 0.25) is 0 Å². The molecule has 1 rings (SSSR count). The minimum Gasteiger partial charge on any atom is -0.364 e. The second kappa shape index (κ2) is 7.99. The Bertz CT molecular complexity index is 266. The molecule has 0 aromatic rings. The van der Waals surface area contributed by atoms with Crippen molar-refractivity contribution in [3.8, 4) is 0 Å². The summed E-state index contributed by atoms with van der Waals surface area (Å²) >= 11 is 1.87. The Labute approximate surface area is 114 Å². The number of carbonyl (C=O) groups excluding carboxylic acids is 1. The van der Waals surface area contributed by atoms with Crippen molar-refractivity contribution < 1.29 is 9.53 Å². The summed E-state index contributed by atoms with van der Waals surface area (Å²) in [7, 11) is 2.13. The lowest BCUT2D eigenvalue weighted by molar-refractivity contribution is -0.132. The van der Waals surface area contributed by atoms with E-state index in [1.165, 1.54) is 0 Å². The van der Waals surface area contributed by atoms with Crippen molar-refractivity contribution in [3.05, 3.63) is 0 Å². The van der Waals surface area contributed by atoms with E-state index in [2.05, 4.69) is 30.6 Å². The summed E-state index contributed by atoms with van der Waals surface area (Å²) < 4.78 is 5.72. The molecular weight excluding hydrogens is 250 g/mol. The highest BCUT2D eigenvalue weighted by molar-refractivity contribution is 7.98. The van der Waals surface area contributed by atoms with Gasteiger partial charge in [-0.2, -0.15) is 11.8 Å². The fourth-order valence-corrected chi connectivity index (χ4v) is 3.22. The molecule has 3 N–H and O–H groups in total. The third-order valence-corrected chi connectivity index (χ3v) is 4.21. The summed E-state index contributed by atoms with van der Waals surface area (Å²) in [5, 5.41) is 0. The molecule has 0 aromatic carbocycles. The molecule has 18 heavy (non-hydrogen) atoms. The Morgan fingerprint density at radius 3 is 2.89 bits per heavy atom. The minimum absolute atomic E-state index is 0.146. The van der Waals surface area contributed by atoms with Crippen LogP contribution >= 0.6 is 11.8 Å². The van der Waals surface area contributed by atoms with Crippen LogP contribution < -0.4 is 11.3 Å². The number of nitrogens with two attached hydrogens (primary N) is 1. The van der Waals surface area contributed by atoms with Gasteiger partial charge < -0.3 is 9.64 Å². The van der Waals surface area contributed by atoms with Crippen molar-refractivity contribution in [2.45, 2.75) is 44.4 Å². The summed E-state index contributed by atoms with van der Waals surface area (Å²) in [5.41, 5.74) is 2.15. The van der Waals surface area contributed by atoms with Crippen LogP contribution in [-0.4, -0.2) is 54.7 Å². The van der Waals surface area contributed by atoms with Crippen LogP contribution in [0.3, 0.4) is 0 Å². The molecule has 5 nitrogen and oxygen atoms in total. The van der Waals surface area contributed by atoms with Gasteiger partial charge in [0.2, 0.25) is 0 Å². The molecule has 0 saturated carbocycles. The lowest BCUT2D eigenvalue weighted by Gasteiger charge is -2.28. The highest BCUT2D eigenvalue weighted by Gasteiger charge is 2.31. The van der Waals surface area contributed by atoms with Crippen LogP contribution in [0.1, 0.15) is 26.2 Å². The molecule has 0 spiro atoms. The van der Waals surface area contributed by atoms with Crippen LogP contribution in [0.4, 0.5) is 0 Å². The second-order valence-corrected chi connectivity index (χ2v) is 5.70. The second-order valence-electron chi connectivity index (χ2n) is 4.79. The fourth-order valence-electron chi connectivity index (χ4n) is 2.35. The maximum absolute atomic E-state index is 11.4. The van der Waals surface area contributed by atoms with E-state index in [1.54, 1.807) is 0 Å². The van der Waals surface area contributed by atoms with E-state index in [9.17, 15) is 4.79 Å². The first-order chi connectivity index (χ1) is 8.62. The zero-order valence-electron chi connectivity index (χ0n) is 11.5. The highest BCUT2D eigenvalue weighted by Crippen LogP contribution is 2.21. The van der Waals surface area contributed by atoms with E-state index in [4.69, 9.17) is 10.6 Å². The van der Waals surface area contributed by atoms with Gasteiger partial charge in [-0.15, -0.1) is 0 Å². The number of hydrogen-bond donors (Lipinski definition) is 2. The number of ether oxygens (including phenoxy) is 1. The number of hydrogen-bond acceptors (Lipinski definition) is 5. The first-order valence-electron chi connectivity index (χ1n) is 6.47. The van der Waals surface area contributed by atoms with Gasteiger partial charge in [0.05, 0.1) is 6.10 Å². The third-order valence-electron chi connectivity index (χ3n) is 3.49. The fraction of sp³-hybridized carbons (Fsp3) is 0.917. The Morgan fingerprint density at radius 2 is 2.33 bits per heavy atom. The number of amides is 1. The normalized spacial score (nSPS) is 25.4. The van der Waals surface area contributed by atoms with E-state index in [0.29, 0.717) is 6.04 Å². The average molecular weight is 275 g/mol. The van der Waals surface area contributed by atoms with Gasteiger partial charge in [-0.25, -0.2) is 5.84 Å². The van der Waals surface area contributed by atoms with Crippen molar-refractivity contribution in [1.29, 1.82) is 0 Å². The van der Waals surface area contributed by atoms with Gasteiger partial charge in [0.1, 0.15) is 6.10 Å². The van der Waals surface area contributed by atoms with E-state index in [0.717, 1.165) is 31.6 Å². The van der Waals surface area contributed by atoms with E-state index in [-0.39, 0.29) is 18.1 Å². The molecule has 1 saturated heterocycles. The van der Waals surface area contributed by atoms with Gasteiger partial charge in [0, 0.05) is 18.3 Å². The van der Waals surface area contributed by atoms with Gasteiger partial charge in [-0.3, -0.25) is 10.2 Å². The van der Waals surface area contributed by atoms with Gasteiger partial charge in [0.15, 0.2) is 0 Å². The lowest BCUT2D eigenvalue weighted by atomic mass is 10.1. The summed E-state index contributed by atoms with van der Waals surface area (Å²) in [4.78, 5) is 13.7. The predicted octanol–water partition coefficient (Wildman–Crippen LogP) is 0.597. The zero-order chi connectivity index (χ0) is 13.5. The third kappa shape index (κ3) is 4.42. The monoisotopic (exact) mass is 275 g/mol. The number of hydrazine groups is 1. The first-order valence-corrected chi connectivity index (χ1v) is 7.86. The van der Waals surface area contributed by atoms with Crippen molar-refractivity contribution in [2.24, 2.45) is 5.84 Å². The smallest absolute Gasteiger partial charge is 0.263 e. The molecule has 0 aromatic heterocycles. The highest BCUT2D eigenvalue weighted by atomic mass is 32.2. The van der Waals surface area contributed by atoms with Crippen LogP contribution in [0.5, 0.6) is 0 Å². The molecule has 0 bridgehead atoms. The quantitative estimate of drug-likeness (QED) is 0.404. The molecule has 0 radical (unpaired) electrons. The van der Waals surface area contributed by atoms with Crippen molar-refractivity contribution in [2.75, 3.05) is 25.6 Å². The van der Waals surface area contributed by atoms with Crippen molar-refractivity contribution in [1.82, 2.24) is 10.3 Å². The predicted molar refractivity (Wildman–Crippen MR) is 75.3 cm³/mol. The number of carbonyl (C=O) groups is 1. The summed E-state index contributed by atoms with van der Waals surface area (Å²) in [5.74, 6) is 6.03. The van der Waals surface area contributed by atoms with Gasteiger partial charge >= 0.3 is 0 Å². The van der Waals surface area contributed by atoms with E-state index in [1.807, 2.05) is 11.8 Å². The van der Waals surface area contributed by atoms with Crippen LogP contribution in [0.15, 0.2) is 0 Å². The maximum Gasteiger partial charge on any atom is 0.263 e. The van der Waals surface area contributed by atoms with Crippen molar-refractivity contribution in [3.63, 3.8) is 0 Å². The molecule has 1 aliphatic heterocycles. The molecule has 6 heteroatoms. The molecule has 1 heterocycles. The maximum atomic E-state index is 11.4. The molecule has 3 atom stereocenters. The molecule has 0 aliphatic carbocycles. The van der Waals surface area contributed by atoms with E-state index < -0.39 is 0 Å². The molecule has 3 unspecified atom stereocenters. The standard InChI is InChI=1S/C12H25N3O2S/c1-4-9(8-18-3)15(2)7-10-5-6-11(17-10)12(16)14-13/h9-11H,4-8,13H2,1-3H3,(H,14,16). The molecule has 106 valence electrons. The molecule has 1 fully saturated rings. The number of nitrogens with zero attached hydrogens (tertiary/aromatic N) is 1. The van der Waals surface area contributed by atoms with Crippen molar-refractivity contribution >= 4 is 17.7 Å². The van der Waals surface area contributed by atoms with Crippen LogP contribution in [0.25, 0.3) is 0 Å². The topological polar surface area (TPSA) is 67.6 Å². The Balaban J connectivity index is 2.37. The van der Waals surface area contributed by atoms with E-state index >= 15 is 0 Å². The summed E-state index contributed by atoms with van der Waals surface area (Å²) in [6, 6.07) is 0.575.